The van der Waals surface area contributed by atoms with Gasteiger partial charge in [0.1, 0.15) is 5.75 Å². The fourth-order valence-corrected chi connectivity index (χ4v) is 3.28. The van der Waals surface area contributed by atoms with Gasteiger partial charge in [0.2, 0.25) is 0 Å². The second-order valence-electron chi connectivity index (χ2n) is 4.72. The first kappa shape index (κ1) is 13.0. The quantitative estimate of drug-likeness (QED) is 0.774. The molecule has 0 aliphatic heterocycles. The molecule has 0 unspecified atom stereocenters. The Morgan fingerprint density at radius 3 is 3.20 bits per heavy atom. The summed E-state index contributed by atoms with van der Waals surface area (Å²) in [6.07, 6.45) is 4.03. The molecule has 0 fully saturated rings. The van der Waals surface area contributed by atoms with Crippen molar-refractivity contribution in [2.45, 2.75) is 25.3 Å². The number of nitrogens with two attached hydrogens (primary N) is 1. The van der Waals surface area contributed by atoms with Gasteiger partial charge in [-0.15, -0.1) is 11.3 Å². The summed E-state index contributed by atoms with van der Waals surface area (Å²) in [5.74, 6) is -0.605. The molecule has 2 heterocycles. The number of anilines is 1. The van der Waals surface area contributed by atoms with E-state index in [1.54, 1.807) is 6.07 Å². The number of aromatic nitrogens is 2. The van der Waals surface area contributed by atoms with Gasteiger partial charge in [0, 0.05) is 17.1 Å². The van der Waals surface area contributed by atoms with Crippen molar-refractivity contribution in [2.75, 3.05) is 5.32 Å². The first-order chi connectivity index (χ1) is 9.63. The lowest BCUT2D eigenvalue weighted by Gasteiger charge is -2.15. The first-order valence-electron chi connectivity index (χ1n) is 6.33. The number of hydrogen-bond donors (Lipinski definition) is 3. The second kappa shape index (κ2) is 5.18. The molecule has 0 bridgehead atoms. The van der Waals surface area contributed by atoms with Gasteiger partial charge in [-0.1, -0.05) is 0 Å². The van der Waals surface area contributed by atoms with Crippen molar-refractivity contribution in [1.29, 1.82) is 0 Å². The van der Waals surface area contributed by atoms with Crippen LogP contribution in [0.25, 0.3) is 0 Å². The number of aryl methyl sites for hydroxylation is 1. The summed E-state index contributed by atoms with van der Waals surface area (Å²) in [4.78, 5) is 21.4. The number of pyridine rings is 1. The third-order valence-corrected chi connectivity index (χ3v) is 4.24. The van der Waals surface area contributed by atoms with E-state index in [-0.39, 0.29) is 17.5 Å². The van der Waals surface area contributed by atoms with Crippen LogP contribution in [0.3, 0.4) is 0 Å². The summed E-state index contributed by atoms with van der Waals surface area (Å²) in [5.41, 5.74) is 6.93. The largest absolute Gasteiger partial charge is 0.505 e. The van der Waals surface area contributed by atoms with E-state index in [1.165, 1.54) is 23.6 Å². The van der Waals surface area contributed by atoms with Crippen molar-refractivity contribution in [2.24, 2.45) is 5.73 Å². The molecular weight excluding hydrogens is 276 g/mol. The van der Waals surface area contributed by atoms with Gasteiger partial charge in [0.15, 0.2) is 10.8 Å². The van der Waals surface area contributed by atoms with Crippen LogP contribution in [0.15, 0.2) is 18.3 Å². The average Bonchev–Trinajstić information content (AvgIpc) is 2.80. The number of amides is 1. The molecule has 1 aliphatic carbocycles. The molecular formula is C13H14N4O2S. The summed E-state index contributed by atoms with van der Waals surface area (Å²) >= 11 is 1.44. The minimum absolute atomic E-state index is 0.00243. The first-order valence-corrected chi connectivity index (χ1v) is 7.14. The minimum atomic E-state index is -0.460. The van der Waals surface area contributed by atoms with Crippen LogP contribution in [0.5, 0.6) is 5.75 Å². The predicted molar refractivity (Wildman–Crippen MR) is 76.0 cm³/mol. The van der Waals surface area contributed by atoms with Crippen LogP contribution in [0.2, 0.25) is 0 Å². The van der Waals surface area contributed by atoms with E-state index >= 15 is 0 Å². The zero-order chi connectivity index (χ0) is 14.1. The van der Waals surface area contributed by atoms with Crippen LogP contribution in [0.4, 0.5) is 5.13 Å². The maximum absolute atomic E-state index is 12.0. The summed E-state index contributed by atoms with van der Waals surface area (Å²) < 4.78 is 0. The van der Waals surface area contributed by atoms with E-state index in [2.05, 4.69) is 15.3 Å². The van der Waals surface area contributed by atoms with Crippen LogP contribution in [-0.4, -0.2) is 27.0 Å². The molecule has 20 heavy (non-hydrogen) atoms. The Morgan fingerprint density at radius 1 is 1.55 bits per heavy atom. The van der Waals surface area contributed by atoms with E-state index in [0.29, 0.717) is 5.13 Å². The molecule has 7 heteroatoms. The number of rotatable bonds is 2. The molecule has 1 atom stereocenters. The third kappa shape index (κ3) is 2.50. The predicted octanol–water partition coefficient (Wildman–Crippen LogP) is 1.31. The Morgan fingerprint density at radius 2 is 2.40 bits per heavy atom. The minimum Gasteiger partial charge on any atom is -0.505 e. The summed E-state index contributed by atoms with van der Waals surface area (Å²) in [7, 11) is 0. The summed E-state index contributed by atoms with van der Waals surface area (Å²) in [6, 6.07) is 3.16. The van der Waals surface area contributed by atoms with Gasteiger partial charge in [-0.3, -0.25) is 10.1 Å². The molecule has 0 aromatic carbocycles. The Bertz CT molecular complexity index is 656. The van der Waals surface area contributed by atoms with Crippen LogP contribution >= 0.6 is 11.3 Å². The number of nitrogens with zero attached hydrogens (tertiary/aromatic N) is 2. The number of aromatic hydroxyl groups is 1. The van der Waals surface area contributed by atoms with Crippen molar-refractivity contribution in [1.82, 2.24) is 9.97 Å². The van der Waals surface area contributed by atoms with Gasteiger partial charge in [-0.25, -0.2) is 9.97 Å². The van der Waals surface area contributed by atoms with Crippen molar-refractivity contribution in [3.63, 3.8) is 0 Å². The molecule has 6 nitrogen and oxygen atoms in total. The van der Waals surface area contributed by atoms with E-state index < -0.39 is 5.91 Å². The van der Waals surface area contributed by atoms with Gasteiger partial charge in [-0.05, 0) is 31.4 Å². The monoisotopic (exact) mass is 290 g/mol. The molecule has 4 N–H and O–H groups in total. The molecule has 1 aliphatic rings. The number of hydrogen-bond acceptors (Lipinski definition) is 6. The van der Waals surface area contributed by atoms with E-state index in [0.717, 1.165) is 29.8 Å². The van der Waals surface area contributed by atoms with Crippen molar-refractivity contribution in [3.05, 3.63) is 34.6 Å². The lowest BCUT2D eigenvalue weighted by atomic mass is 9.99. The van der Waals surface area contributed by atoms with Gasteiger partial charge >= 0.3 is 0 Å². The Hall–Kier alpha value is -1.99. The molecule has 1 amide bonds. The standard InChI is InChI=1S/C13H14N4O2S/c14-7-3-4-8-10(6-7)20-13(16-8)17-12(19)11-9(18)2-1-5-15-11/h1-2,5,7,18H,3-4,6,14H2,(H,16,17,19)/t7-/m0/s1. The van der Waals surface area contributed by atoms with E-state index in [4.69, 9.17) is 5.73 Å². The molecule has 2 aromatic rings. The lowest BCUT2D eigenvalue weighted by molar-refractivity contribution is 0.101. The second-order valence-corrected chi connectivity index (χ2v) is 5.80. The van der Waals surface area contributed by atoms with Crippen molar-refractivity contribution >= 4 is 22.4 Å². The van der Waals surface area contributed by atoms with Crippen molar-refractivity contribution in [3.8, 4) is 5.75 Å². The Kier molecular flexibility index (Phi) is 3.37. The fraction of sp³-hybridized carbons (Fsp3) is 0.308. The number of nitrogens with one attached hydrogen (secondary N) is 1. The highest BCUT2D eigenvalue weighted by atomic mass is 32.1. The van der Waals surface area contributed by atoms with Crippen molar-refractivity contribution < 1.29 is 9.90 Å². The van der Waals surface area contributed by atoms with Gasteiger partial charge < -0.3 is 10.8 Å². The number of carbonyl (C=O) groups excluding carboxylic acids is 1. The maximum atomic E-state index is 12.0. The zero-order valence-electron chi connectivity index (χ0n) is 10.7. The number of fused-ring (bicyclic) bond motifs is 1. The molecule has 0 saturated carbocycles. The van der Waals surface area contributed by atoms with Crippen LogP contribution in [0.1, 0.15) is 27.5 Å². The highest BCUT2D eigenvalue weighted by molar-refractivity contribution is 7.15. The molecule has 2 aromatic heterocycles. The molecule has 0 spiro atoms. The molecule has 0 radical (unpaired) electrons. The smallest absolute Gasteiger partial charge is 0.279 e. The van der Waals surface area contributed by atoms with Crippen LogP contribution < -0.4 is 11.1 Å². The van der Waals surface area contributed by atoms with Gasteiger partial charge in [0.05, 0.1) is 5.69 Å². The third-order valence-electron chi connectivity index (χ3n) is 3.20. The normalized spacial score (nSPS) is 17.6. The maximum Gasteiger partial charge on any atom is 0.279 e. The Labute approximate surface area is 119 Å². The van der Waals surface area contributed by atoms with E-state index in [1.807, 2.05) is 0 Å². The number of thiazole rings is 1. The average molecular weight is 290 g/mol. The highest BCUT2D eigenvalue weighted by Crippen LogP contribution is 2.29. The Balaban J connectivity index is 1.79. The SMILES string of the molecule is N[C@H]1CCc2nc(NC(=O)c3ncccc3O)sc2C1. The fourth-order valence-electron chi connectivity index (χ4n) is 2.18. The summed E-state index contributed by atoms with van der Waals surface area (Å²) in [6.45, 7) is 0. The van der Waals surface area contributed by atoms with Gasteiger partial charge in [-0.2, -0.15) is 0 Å². The molecule has 104 valence electrons. The van der Waals surface area contributed by atoms with Crippen LogP contribution in [0, 0.1) is 0 Å². The zero-order valence-corrected chi connectivity index (χ0v) is 11.5. The van der Waals surface area contributed by atoms with Crippen LogP contribution in [-0.2, 0) is 12.8 Å². The number of carbonyl (C=O) groups is 1. The van der Waals surface area contributed by atoms with Gasteiger partial charge in [0.25, 0.3) is 5.91 Å². The highest BCUT2D eigenvalue weighted by Gasteiger charge is 2.21. The topological polar surface area (TPSA) is 101 Å². The van der Waals surface area contributed by atoms with E-state index in [9.17, 15) is 9.90 Å². The molecule has 3 rings (SSSR count). The molecule has 0 saturated heterocycles. The lowest BCUT2D eigenvalue weighted by Crippen LogP contribution is -2.27. The summed E-state index contributed by atoms with van der Waals surface area (Å²) in [5, 5.41) is 12.8.